The minimum Gasteiger partial charge on any atom is -0.452 e. The van der Waals surface area contributed by atoms with Gasteiger partial charge in [0.25, 0.3) is 0 Å². The van der Waals surface area contributed by atoms with Gasteiger partial charge in [0.15, 0.2) is 0 Å². The van der Waals surface area contributed by atoms with E-state index in [2.05, 4.69) is 9.46 Å². The molecule has 54 valence electrons. The molecule has 0 rings (SSSR count). The van der Waals surface area contributed by atoms with Crippen LogP contribution < -0.4 is 4.72 Å². The van der Waals surface area contributed by atoms with Crippen molar-refractivity contribution in [3.05, 3.63) is 0 Å². The first-order valence-electron chi connectivity index (χ1n) is 2.35. The molecule has 1 N–H and O–H groups in total. The van der Waals surface area contributed by atoms with Crippen molar-refractivity contribution >= 4 is 18.2 Å². The summed E-state index contributed by atoms with van der Waals surface area (Å²) in [6.45, 7) is 0. The van der Waals surface area contributed by atoms with E-state index in [1.165, 1.54) is 19.2 Å². The van der Waals surface area contributed by atoms with E-state index in [9.17, 15) is 4.79 Å². The number of nitrogens with zero attached hydrogens (tertiary/aromatic N) is 1. The number of rotatable bonds is 2. The monoisotopic (exact) mass is 150 g/mol. The van der Waals surface area contributed by atoms with Crippen LogP contribution in [0.3, 0.4) is 0 Å². The minimum absolute atomic E-state index is 0.436. The van der Waals surface area contributed by atoms with Crippen LogP contribution in [0.5, 0.6) is 0 Å². The largest absolute Gasteiger partial charge is 0.452 e. The molecule has 0 aromatic heterocycles. The standard InChI is InChI=1S/C4H10N2O2S/c1-6(2)9-5-4(7)8-3/h1-3H3,(H,5,7). The zero-order valence-corrected chi connectivity index (χ0v) is 6.49. The van der Waals surface area contributed by atoms with Gasteiger partial charge in [0.05, 0.1) is 7.11 Å². The Kier molecular flexibility index (Phi) is 4.25. The van der Waals surface area contributed by atoms with Gasteiger partial charge in [-0.1, -0.05) is 0 Å². The maximum absolute atomic E-state index is 10.3. The lowest BCUT2D eigenvalue weighted by atomic mass is 11.2. The van der Waals surface area contributed by atoms with Gasteiger partial charge < -0.3 is 4.74 Å². The van der Waals surface area contributed by atoms with E-state index in [4.69, 9.17) is 0 Å². The molecule has 0 aromatic carbocycles. The van der Waals surface area contributed by atoms with Crippen molar-refractivity contribution < 1.29 is 9.53 Å². The van der Waals surface area contributed by atoms with Crippen molar-refractivity contribution in [1.29, 1.82) is 0 Å². The molecule has 0 bridgehead atoms. The molecule has 0 radical (unpaired) electrons. The number of methoxy groups -OCH3 is 1. The lowest BCUT2D eigenvalue weighted by molar-refractivity contribution is 0.178. The number of hydrogen-bond acceptors (Lipinski definition) is 4. The Hall–Kier alpha value is -0.420. The van der Waals surface area contributed by atoms with Crippen LogP contribution in [0.4, 0.5) is 4.79 Å². The van der Waals surface area contributed by atoms with Crippen LogP contribution in [0.15, 0.2) is 0 Å². The van der Waals surface area contributed by atoms with E-state index in [-0.39, 0.29) is 0 Å². The maximum Gasteiger partial charge on any atom is 0.417 e. The number of carbonyl (C=O) groups excluding carboxylic acids is 1. The van der Waals surface area contributed by atoms with E-state index in [1.807, 2.05) is 14.1 Å². The van der Waals surface area contributed by atoms with Crippen molar-refractivity contribution in [3.8, 4) is 0 Å². The molecule has 0 unspecified atom stereocenters. The summed E-state index contributed by atoms with van der Waals surface area (Å²) in [5.41, 5.74) is 0. The zero-order valence-electron chi connectivity index (χ0n) is 5.67. The third-order valence-electron chi connectivity index (χ3n) is 0.497. The fraction of sp³-hybridized carbons (Fsp3) is 0.750. The zero-order chi connectivity index (χ0) is 7.28. The molecule has 1 amide bonds. The van der Waals surface area contributed by atoms with Gasteiger partial charge in [-0.3, -0.25) is 4.72 Å². The second-order valence-electron chi connectivity index (χ2n) is 1.50. The van der Waals surface area contributed by atoms with Crippen LogP contribution in [0.1, 0.15) is 0 Å². The highest BCUT2D eigenvalue weighted by Crippen LogP contribution is 1.95. The Labute approximate surface area is 58.8 Å². The van der Waals surface area contributed by atoms with E-state index in [1.54, 1.807) is 4.31 Å². The molecule has 0 saturated carbocycles. The van der Waals surface area contributed by atoms with Gasteiger partial charge in [0.2, 0.25) is 0 Å². The van der Waals surface area contributed by atoms with E-state index < -0.39 is 6.09 Å². The number of ether oxygens (including phenoxy) is 1. The number of hydrogen-bond donors (Lipinski definition) is 1. The summed E-state index contributed by atoms with van der Waals surface area (Å²) in [5.74, 6) is 0. The fourth-order valence-electron chi connectivity index (χ4n) is 0.170. The normalized spacial score (nSPS) is 9.33. The highest BCUT2D eigenvalue weighted by molar-refractivity contribution is 7.95. The van der Waals surface area contributed by atoms with Crippen LogP contribution >= 0.6 is 12.1 Å². The summed E-state index contributed by atoms with van der Waals surface area (Å²) in [4.78, 5) is 10.3. The molecule has 5 heteroatoms. The molecule has 0 aromatic rings. The number of carbonyl (C=O) groups is 1. The van der Waals surface area contributed by atoms with Gasteiger partial charge in [-0.05, 0) is 14.1 Å². The average molecular weight is 150 g/mol. The van der Waals surface area contributed by atoms with Gasteiger partial charge >= 0.3 is 6.09 Å². The fourth-order valence-corrected chi connectivity index (χ4v) is 0.511. The summed E-state index contributed by atoms with van der Waals surface area (Å²) < 4.78 is 8.46. The van der Waals surface area contributed by atoms with Gasteiger partial charge in [0, 0.05) is 12.1 Å². The van der Waals surface area contributed by atoms with E-state index in [0.717, 1.165) is 0 Å². The average Bonchev–Trinajstić information content (AvgIpc) is 1.83. The molecule has 4 nitrogen and oxygen atoms in total. The molecule has 0 spiro atoms. The lowest BCUT2D eigenvalue weighted by Gasteiger charge is -2.06. The molecule has 0 aliphatic rings. The number of amides is 1. The predicted molar refractivity (Wildman–Crippen MR) is 36.8 cm³/mol. The Morgan fingerprint density at radius 2 is 2.22 bits per heavy atom. The van der Waals surface area contributed by atoms with Crippen molar-refractivity contribution in [2.45, 2.75) is 0 Å². The van der Waals surface area contributed by atoms with Gasteiger partial charge in [-0.25, -0.2) is 9.10 Å². The Bertz CT molecular complexity index is 96.6. The minimum atomic E-state index is -0.436. The quantitative estimate of drug-likeness (QED) is 0.581. The Balaban J connectivity index is 3.17. The third-order valence-corrected chi connectivity index (χ3v) is 1.12. The SMILES string of the molecule is COC(=O)NSN(C)C. The molecule has 0 aliphatic heterocycles. The molecular formula is C4H10N2O2S. The first-order chi connectivity index (χ1) is 4.16. The van der Waals surface area contributed by atoms with Crippen LogP contribution in [0.25, 0.3) is 0 Å². The summed E-state index contributed by atoms with van der Waals surface area (Å²) in [5, 5.41) is 0. The maximum atomic E-state index is 10.3. The molecule has 9 heavy (non-hydrogen) atoms. The second kappa shape index (κ2) is 4.46. The summed E-state index contributed by atoms with van der Waals surface area (Å²) in [6.07, 6.45) is -0.436. The predicted octanol–water partition coefficient (Wildman–Crippen LogP) is 0.467. The second-order valence-corrected chi connectivity index (χ2v) is 2.61. The topological polar surface area (TPSA) is 41.6 Å². The van der Waals surface area contributed by atoms with Crippen molar-refractivity contribution in [2.75, 3.05) is 21.2 Å². The molecule has 0 aliphatic carbocycles. The molecule has 0 heterocycles. The van der Waals surface area contributed by atoms with Crippen molar-refractivity contribution in [2.24, 2.45) is 0 Å². The summed E-state index contributed by atoms with van der Waals surface area (Å²) in [7, 11) is 4.97. The number of nitrogens with one attached hydrogen (secondary N) is 1. The van der Waals surface area contributed by atoms with Gasteiger partial charge in [0.1, 0.15) is 0 Å². The van der Waals surface area contributed by atoms with Crippen LogP contribution in [-0.4, -0.2) is 31.6 Å². The van der Waals surface area contributed by atoms with Crippen LogP contribution in [0.2, 0.25) is 0 Å². The van der Waals surface area contributed by atoms with E-state index >= 15 is 0 Å². The smallest absolute Gasteiger partial charge is 0.417 e. The van der Waals surface area contributed by atoms with Crippen LogP contribution in [0, 0.1) is 0 Å². The highest BCUT2D eigenvalue weighted by atomic mass is 32.2. The first-order valence-corrected chi connectivity index (χ1v) is 3.12. The summed E-state index contributed by atoms with van der Waals surface area (Å²) >= 11 is 1.17. The molecule has 0 fully saturated rings. The highest BCUT2D eigenvalue weighted by Gasteiger charge is 1.97. The molecule has 0 atom stereocenters. The van der Waals surface area contributed by atoms with Gasteiger partial charge in [-0.15, -0.1) is 0 Å². The summed E-state index contributed by atoms with van der Waals surface area (Å²) in [6, 6.07) is 0. The van der Waals surface area contributed by atoms with Crippen molar-refractivity contribution in [1.82, 2.24) is 9.03 Å². The molecular weight excluding hydrogens is 140 g/mol. The van der Waals surface area contributed by atoms with Gasteiger partial charge in [-0.2, -0.15) is 0 Å². The van der Waals surface area contributed by atoms with Crippen LogP contribution in [-0.2, 0) is 4.74 Å². The van der Waals surface area contributed by atoms with E-state index in [0.29, 0.717) is 0 Å². The third kappa shape index (κ3) is 5.45. The molecule has 0 saturated heterocycles. The lowest BCUT2D eigenvalue weighted by Crippen LogP contribution is -2.19. The Morgan fingerprint density at radius 1 is 1.67 bits per heavy atom. The van der Waals surface area contributed by atoms with Crippen molar-refractivity contribution in [3.63, 3.8) is 0 Å². The first kappa shape index (κ1) is 8.58. The Morgan fingerprint density at radius 3 is 2.56 bits per heavy atom.